The summed E-state index contributed by atoms with van der Waals surface area (Å²) in [6.45, 7) is 0.191. The zero-order chi connectivity index (χ0) is 14.8. The number of piperidine rings is 1. The van der Waals surface area contributed by atoms with Crippen LogP contribution in [-0.2, 0) is 15.0 Å². The van der Waals surface area contributed by atoms with Gasteiger partial charge >= 0.3 is 16.2 Å². The summed E-state index contributed by atoms with van der Waals surface area (Å²) in [6.07, 6.45) is 1.67. The summed E-state index contributed by atoms with van der Waals surface area (Å²) in [7, 11) is -3.94. The Bertz CT molecular complexity index is 605. The van der Waals surface area contributed by atoms with Crippen LogP contribution in [0.25, 0.3) is 0 Å². The van der Waals surface area contributed by atoms with Gasteiger partial charge in [0, 0.05) is 6.54 Å². The molecule has 0 saturated carbocycles. The number of aliphatic carboxylic acids is 1. The number of nitrogens with one attached hydrogen (secondary N) is 1. The van der Waals surface area contributed by atoms with Gasteiger partial charge in [-0.1, -0.05) is 23.7 Å². The van der Waals surface area contributed by atoms with Crippen molar-refractivity contribution < 1.29 is 18.3 Å². The minimum atomic E-state index is -3.94. The fraction of sp³-hybridized carbons (Fsp3) is 0.417. The van der Waals surface area contributed by atoms with E-state index in [0.29, 0.717) is 19.3 Å². The molecule has 20 heavy (non-hydrogen) atoms. The smallest absolute Gasteiger partial charge is 0.322 e. The van der Waals surface area contributed by atoms with E-state index in [1.165, 1.54) is 6.07 Å². The maximum Gasteiger partial charge on any atom is 0.322 e. The van der Waals surface area contributed by atoms with E-state index in [-0.39, 0.29) is 17.3 Å². The second-order valence-electron chi connectivity index (χ2n) is 4.55. The number of carbonyl (C=O) groups is 1. The van der Waals surface area contributed by atoms with E-state index >= 15 is 0 Å². The van der Waals surface area contributed by atoms with Crippen molar-refractivity contribution in [1.29, 1.82) is 0 Å². The van der Waals surface area contributed by atoms with E-state index in [1.807, 2.05) is 0 Å². The lowest BCUT2D eigenvalue weighted by Gasteiger charge is -2.32. The third-order valence-electron chi connectivity index (χ3n) is 3.16. The highest BCUT2D eigenvalue weighted by Crippen LogP contribution is 2.26. The van der Waals surface area contributed by atoms with Crippen molar-refractivity contribution in [1.82, 2.24) is 4.31 Å². The maximum absolute atomic E-state index is 12.3. The average molecular weight is 319 g/mol. The SMILES string of the molecule is O=C(O)C1CCCCN1S(=O)(=O)Nc1ccccc1Cl. The van der Waals surface area contributed by atoms with Gasteiger partial charge in [-0.3, -0.25) is 9.52 Å². The first-order valence-corrected chi connectivity index (χ1v) is 8.00. The van der Waals surface area contributed by atoms with Crippen molar-refractivity contribution in [2.24, 2.45) is 0 Å². The monoisotopic (exact) mass is 318 g/mol. The van der Waals surface area contributed by atoms with Crippen LogP contribution in [-0.4, -0.2) is 36.4 Å². The molecule has 1 atom stereocenters. The lowest BCUT2D eigenvalue weighted by Crippen LogP contribution is -2.49. The molecule has 2 rings (SSSR count). The molecule has 0 spiro atoms. The van der Waals surface area contributed by atoms with Crippen LogP contribution in [0.3, 0.4) is 0 Å². The first-order valence-electron chi connectivity index (χ1n) is 6.19. The van der Waals surface area contributed by atoms with Crippen molar-refractivity contribution in [3.63, 3.8) is 0 Å². The normalized spacial score (nSPS) is 20.6. The molecule has 1 aromatic carbocycles. The zero-order valence-electron chi connectivity index (χ0n) is 10.6. The van der Waals surface area contributed by atoms with Crippen LogP contribution < -0.4 is 4.72 Å². The van der Waals surface area contributed by atoms with E-state index in [4.69, 9.17) is 16.7 Å². The number of hydrogen-bond acceptors (Lipinski definition) is 3. The molecule has 2 N–H and O–H groups in total. The number of benzene rings is 1. The molecule has 1 saturated heterocycles. The van der Waals surface area contributed by atoms with E-state index in [2.05, 4.69) is 4.72 Å². The van der Waals surface area contributed by atoms with Gasteiger partial charge in [-0.25, -0.2) is 0 Å². The molecule has 6 nitrogen and oxygen atoms in total. The summed E-state index contributed by atoms with van der Waals surface area (Å²) < 4.78 is 28.0. The number of para-hydroxylation sites is 1. The van der Waals surface area contributed by atoms with Crippen LogP contribution in [0.5, 0.6) is 0 Å². The lowest BCUT2D eigenvalue weighted by molar-refractivity contribution is -0.142. The second kappa shape index (κ2) is 5.99. The molecule has 0 amide bonds. The summed E-state index contributed by atoms with van der Waals surface area (Å²) in [6, 6.07) is 5.39. The quantitative estimate of drug-likeness (QED) is 0.888. The fourth-order valence-corrected chi connectivity index (χ4v) is 3.89. The van der Waals surface area contributed by atoms with Crippen LogP contribution in [0, 0.1) is 0 Å². The van der Waals surface area contributed by atoms with Gasteiger partial charge in [0.05, 0.1) is 10.7 Å². The Morgan fingerprint density at radius 1 is 1.35 bits per heavy atom. The van der Waals surface area contributed by atoms with Crippen molar-refractivity contribution in [2.45, 2.75) is 25.3 Å². The third-order valence-corrected chi connectivity index (χ3v) is 5.02. The van der Waals surface area contributed by atoms with Gasteiger partial charge in [0.25, 0.3) is 0 Å². The number of carboxylic acids is 1. The molecule has 0 bridgehead atoms. The minimum Gasteiger partial charge on any atom is -0.480 e. The number of anilines is 1. The Hall–Kier alpha value is -1.31. The minimum absolute atomic E-state index is 0.191. The van der Waals surface area contributed by atoms with E-state index < -0.39 is 22.2 Å². The van der Waals surface area contributed by atoms with Gasteiger partial charge in [0.15, 0.2) is 0 Å². The lowest BCUT2D eigenvalue weighted by atomic mass is 10.1. The summed E-state index contributed by atoms with van der Waals surface area (Å²) >= 11 is 5.91. The standard InChI is InChI=1S/C12H15ClN2O4S/c13-9-5-1-2-6-10(9)14-20(18,19)15-8-4-3-7-11(15)12(16)17/h1-2,5-6,11,14H,3-4,7-8H2,(H,16,17). The molecule has 1 heterocycles. The molecule has 1 aliphatic heterocycles. The molecule has 110 valence electrons. The van der Waals surface area contributed by atoms with Gasteiger partial charge < -0.3 is 5.11 Å². The second-order valence-corrected chi connectivity index (χ2v) is 6.58. The summed E-state index contributed by atoms with van der Waals surface area (Å²) in [5, 5.41) is 9.40. The largest absolute Gasteiger partial charge is 0.480 e. The average Bonchev–Trinajstić information content (AvgIpc) is 2.41. The Balaban J connectivity index is 2.25. The predicted octanol–water partition coefficient (Wildman–Crippen LogP) is 1.94. The summed E-state index contributed by atoms with van der Waals surface area (Å²) in [5.74, 6) is -1.13. The maximum atomic E-state index is 12.3. The van der Waals surface area contributed by atoms with Crippen LogP contribution >= 0.6 is 11.6 Å². The number of carboxylic acid groups (broad SMARTS) is 1. The number of nitrogens with zero attached hydrogens (tertiary/aromatic N) is 1. The van der Waals surface area contributed by atoms with Crippen molar-refractivity contribution in [3.05, 3.63) is 29.3 Å². The summed E-state index contributed by atoms with van der Waals surface area (Å²) in [4.78, 5) is 11.2. The first kappa shape index (κ1) is 15.1. The zero-order valence-corrected chi connectivity index (χ0v) is 12.2. The number of hydrogen-bond donors (Lipinski definition) is 2. The van der Waals surface area contributed by atoms with Gasteiger partial charge in [-0.15, -0.1) is 0 Å². The van der Waals surface area contributed by atoms with Crippen molar-refractivity contribution in [3.8, 4) is 0 Å². The van der Waals surface area contributed by atoms with Crippen molar-refractivity contribution in [2.75, 3.05) is 11.3 Å². The Kier molecular flexibility index (Phi) is 4.52. The molecule has 8 heteroatoms. The molecule has 1 aromatic rings. The molecule has 1 unspecified atom stereocenters. The molecular formula is C12H15ClN2O4S. The highest BCUT2D eigenvalue weighted by Gasteiger charge is 2.36. The van der Waals surface area contributed by atoms with Gasteiger partial charge in [-0.2, -0.15) is 12.7 Å². The first-order chi connectivity index (χ1) is 9.42. The van der Waals surface area contributed by atoms with Gasteiger partial charge in [-0.05, 0) is 31.4 Å². The van der Waals surface area contributed by atoms with E-state index in [1.54, 1.807) is 18.2 Å². The van der Waals surface area contributed by atoms with Crippen LogP contribution in [0.2, 0.25) is 5.02 Å². The molecule has 1 fully saturated rings. The van der Waals surface area contributed by atoms with Gasteiger partial charge in [0.2, 0.25) is 0 Å². The van der Waals surface area contributed by atoms with Crippen LogP contribution in [0.15, 0.2) is 24.3 Å². The molecule has 0 aliphatic carbocycles. The van der Waals surface area contributed by atoms with Crippen LogP contribution in [0.1, 0.15) is 19.3 Å². The molecule has 0 aromatic heterocycles. The van der Waals surface area contributed by atoms with E-state index in [0.717, 1.165) is 4.31 Å². The van der Waals surface area contributed by atoms with Gasteiger partial charge in [0.1, 0.15) is 6.04 Å². The Morgan fingerprint density at radius 3 is 2.70 bits per heavy atom. The summed E-state index contributed by atoms with van der Waals surface area (Å²) in [5.41, 5.74) is 0.240. The number of halogens is 1. The fourth-order valence-electron chi connectivity index (χ4n) is 2.18. The molecular weight excluding hydrogens is 304 g/mol. The number of rotatable bonds is 4. The molecule has 1 aliphatic rings. The highest BCUT2D eigenvalue weighted by atomic mass is 35.5. The van der Waals surface area contributed by atoms with E-state index in [9.17, 15) is 13.2 Å². The Morgan fingerprint density at radius 2 is 2.05 bits per heavy atom. The Labute approximate surface area is 122 Å². The predicted molar refractivity (Wildman–Crippen MR) is 76.0 cm³/mol. The van der Waals surface area contributed by atoms with Crippen LogP contribution in [0.4, 0.5) is 5.69 Å². The molecule has 0 radical (unpaired) electrons. The third kappa shape index (κ3) is 3.23. The topological polar surface area (TPSA) is 86.7 Å². The van der Waals surface area contributed by atoms with Crippen molar-refractivity contribution >= 4 is 33.5 Å². The highest BCUT2D eigenvalue weighted by molar-refractivity contribution is 7.90.